The second kappa shape index (κ2) is 3.89. The van der Waals surface area contributed by atoms with Gasteiger partial charge in [0, 0.05) is 18.0 Å². The second-order valence-electron chi connectivity index (χ2n) is 3.75. The molecule has 1 unspecified atom stereocenters. The molecular weight excluding hydrogens is 180 g/mol. The standard InChI is InChI=1S/C10H14N2S/c1-6(2)8-4-10(13)12-7(3)9(8)5-11/h6,8H,4H2,1-3H3,(H,12,13). The number of hydrogen-bond donors (Lipinski definition) is 1. The van der Waals surface area contributed by atoms with Gasteiger partial charge in [-0.05, 0) is 12.8 Å². The van der Waals surface area contributed by atoms with Crippen molar-refractivity contribution in [3.8, 4) is 6.07 Å². The Hall–Kier alpha value is -0.880. The highest BCUT2D eigenvalue weighted by molar-refractivity contribution is 7.80. The number of nitrogens with zero attached hydrogens (tertiary/aromatic N) is 1. The van der Waals surface area contributed by atoms with E-state index in [1.165, 1.54) is 0 Å². The van der Waals surface area contributed by atoms with Gasteiger partial charge < -0.3 is 5.32 Å². The highest BCUT2D eigenvalue weighted by Crippen LogP contribution is 2.28. The van der Waals surface area contributed by atoms with Crippen molar-refractivity contribution in [2.24, 2.45) is 11.8 Å². The fraction of sp³-hybridized carbons (Fsp3) is 0.600. The van der Waals surface area contributed by atoms with Crippen molar-refractivity contribution in [3.05, 3.63) is 11.3 Å². The summed E-state index contributed by atoms with van der Waals surface area (Å²) in [6.07, 6.45) is 0.813. The molecule has 1 N–H and O–H groups in total. The minimum atomic E-state index is 0.304. The maximum Gasteiger partial charge on any atom is 0.0968 e. The molecule has 1 aliphatic heterocycles. The van der Waals surface area contributed by atoms with E-state index in [4.69, 9.17) is 17.5 Å². The smallest absolute Gasteiger partial charge is 0.0968 e. The van der Waals surface area contributed by atoms with Gasteiger partial charge in [-0.15, -0.1) is 0 Å². The van der Waals surface area contributed by atoms with Gasteiger partial charge in [0.25, 0.3) is 0 Å². The van der Waals surface area contributed by atoms with Crippen LogP contribution in [-0.2, 0) is 0 Å². The van der Waals surface area contributed by atoms with Crippen molar-refractivity contribution in [3.63, 3.8) is 0 Å². The molecule has 0 spiro atoms. The average Bonchev–Trinajstić information content (AvgIpc) is 2.02. The Morgan fingerprint density at radius 3 is 2.69 bits per heavy atom. The van der Waals surface area contributed by atoms with Crippen LogP contribution < -0.4 is 5.32 Å². The number of nitriles is 1. The van der Waals surface area contributed by atoms with Crippen LogP contribution >= 0.6 is 12.2 Å². The summed E-state index contributed by atoms with van der Waals surface area (Å²) in [5.74, 6) is 0.781. The van der Waals surface area contributed by atoms with E-state index in [0.717, 1.165) is 22.7 Å². The minimum absolute atomic E-state index is 0.304. The van der Waals surface area contributed by atoms with Gasteiger partial charge in [0.2, 0.25) is 0 Å². The lowest BCUT2D eigenvalue weighted by atomic mass is 9.83. The van der Waals surface area contributed by atoms with E-state index in [2.05, 4.69) is 25.2 Å². The fourth-order valence-electron chi connectivity index (χ4n) is 1.64. The molecule has 0 saturated carbocycles. The predicted molar refractivity (Wildman–Crippen MR) is 57.0 cm³/mol. The third kappa shape index (κ3) is 2.07. The van der Waals surface area contributed by atoms with E-state index >= 15 is 0 Å². The zero-order valence-corrected chi connectivity index (χ0v) is 9.03. The quantitative estimate of drug-likeness (QED) is 0.651. The minimum Gasteiger partial charge on any atom is -0.353 e. The van der Waals surface area contributed by atoms with Crippen LogP contribution in [0.25, 0.3) is 0 Å². The summed E-state index contributed by atoms with van der Waals surface area (Å²) in [4.78, 5) is 0.857. The lowest BCUT2D eigenvalue weighted by molar-refractivity contribution is 0.452. The summed E-state index contributed by atoms with van der Waals surface area (Å²) >= 11 is 5.13. The molecule has 0 aliphatic carbocycles. The lowest BCUT2D eigenvalue weighted by Gasteiger charge is -2.27. The highest BCUT2D eigenvalue weighted by atomic mass is 32.1. The second-order valence-corrected chi connectivity index (χ2v) is 4.25. The number of allylic oxidation sites excluding steroid dienone is 2. The number of rotatable bonds is 1. The molecule has 0 fully saturated rings. The molecule has 1 heterocycles. The molecule has 0 radical (unpaired) electrons. The Balaban J connectivity index is 3.02. The molecule has 13 heavy (non-hydrogen) atoms. The fourth-order valence-corrected chi connectivity index (χ4v) is 1.98. The molecule has 0 aromatic rings. The third-order valence-electron chi connectivity index (χ3n) is 2.43. The van der Waals surface area contributed by atoms with Gasteiger partial charge in [0.1, 0.15) is 0 Å². The Kier molecular flexibility index (Phi) is 3.05. The van der Waals surface area contributed by atoms with Crippen molar-refractivity contribution >= 4 is 17.2 Å². The van der Waals surface area contributed by atoms with Crippen molar-refractivity contribution < 1.29 is 0 Å². The van der Waals surface area contributed by atoms with Crippen LogP contribution in [0, 0.1) is 23.2 Å². The summed E-state index contributed by atoms with van der Waals surface area (Å²) in [5.41, 5.74) is 1.79. The van der Waals surface area contributed by atoms with Crippen LogP contribution in [-0.4, -0.2) is 4.99 Å². The van der Waals surface area contributed by atoms with Crippen molar-refractivity contribution in [2.45, 2.75) is 27.2 Å². The summed E-state index contributed by atoms with van der Waals surface area (Å²) in [5, 5.41) is 12.0. The molecule has 0 bridgehead atoms. The van der Waals surface area contributed by atoms with Gasteiger partial charge in [-0.25, -0.2) is 0 Å². The molecule has 1 atom stereocenters. The van der Waals surface area contributed by atoms with E-state index in [1.807, 2.05) is 6.92 Å². The number of nitrogens with one attached hydrogen (secondary N) is 1. The van der Waals surface area contributed by atoms with E-state index < -0.39 is 0 Å². The van der Waals surface area contributed by atoms with Gasteiger partial charge in [0.05, 0.1) is 16.6 Å². The maximum atomic E-state index is 8.98. The largest absolute Gasteiger partial charge is 0.353 e. The Bertz CT molecular complexity index is 297. The number of thiocarbonyl (C=S) groups is 1. The zero-order chi connectivity index (χ0) is 10.0. The zero-order valence-electron chi connectivity index (χ0n) is 8.22. The normalized spacial score (nSPS) is 23.0. The van der Waals surface area contributed by atoms with Gasteiger partial charge in [0.15, 0.2) is 0 Å². The first-order valence-corrected chi connectivity index (χ1v) is 4.87. The van der Waals surface area contributed by atoms with E-state index in [-0.39, 0.29) is 0 Å². The van der Waals surface area contributed by atoms with Crippen molar-refractivity contribution in [1.82, 2.24) is 5.32 Å². The van der Waals surface area contributed by atoms with Crippen molar-refractivity contribution in [2.75, 3.05) is 0 Å². The predicted octanol–water partition coefficient (Wildman–Crippen LogP) is 2.38. The SMILES string of the molecule is CC1=C(C#N)C(C(C)C)CC(=S)N1. The molecule has 70 valence electrons. The first kappa shape index (κ1) is 10.2. The Morgan fingerprint density at radius 2 is 2.23 bits per heavy atom. The first-order chi connectivity index (χ1) is 6.06. The van der Waals surface area contributed by atoms with E-state index in [1.54, 1.807) is 0 Å². The van der Waals surface area contributed by atoms with Gasteiger partial charge in [-0.2, -0.15) is 5.26 Å². The van der Waals surface area contributed by atoms with E-state index in [9.17, 15) is 0 Å². The van der Waals surface area contributed by atoms with E-state index in [0.29, 0.717) is 11.8 Å². The van der Waals surface area contributed by atoms with Crippen LogP contribution in [0.5, 0.6) is 0 Å². The van der Waals surface area contributed by atoms with Crippen LogP contribution in [0.3, 0.4) is 0 Å². The van der Waals surface area contributed by atoms with Crippen LogP contribution in [0.1, 0.15) is 27.2 Å². The average molecular weight is 194 g/mol. The van der Waals surface area contributed by atoms with Crippen LogP contribution in [0.4, 0.5) is 0 Å². The molecule has 2 nitrogen and oxygen atoms in total. The third-order valence-corrected chi connectivity index (χ3v) is 2.70. The topological polar surface area (TPSA) is 35.8 Å². The Labute approximate surface area is 84.6 Å². The molecule has 0 aromatic heterocycles. The monoisotopic (exact) mass is 194 g/mol. The lowest BCUT2D eigenvalue weighted by Crippen LogP contribution is -2.32. The number of hydrogen-bond acceptors (Lipinski definition) is 2. The van der Waals surface area contributed by atoms with Gasteiger partial charge >= 0.3 is 0 Å². The summed E-state index contributed by atoms with van der Waals surface area (Å²) in [6, 6.07) is 2.26. The van der Waals surface area contributed by atoms with Crippen LogP contribution in [0.2, 0.25) is 0 Å². The summed E-state index contributed by atoms with van der Waals surface area (Å²) < 4.78 is 0. The summed E-state index contributed by atoms with van der Waals surface area (Å²) in [6.45, 7) is 6.17. The molecule has 0 aromatic carbocycles. The molecule has 0 saturated heterocycles. The Morgan fingerprint density at radius 1 is 1.62 bits per heavy atom. The van der Waals surface area contributed by atoms with Gasteiger partial charge in [-0.3, -0.25) is 0 Å². The summed E-state index contributed by atoms with van der Waals surface area (Å²) in [7, 11) is 0. The molecule has 3 heteroatoms. The molecular formula is C10H14N2S. The van der Waals surface area contributed by atoms with Gasteiger partial charge in [-0.1, -0.05) is 26.1 Å². The first-order valence-electron chi connectivity index (χ1n) is 4.47. The van der Waals surface area contributed by atoms with Crippen molar-refractivity contribution in [1.29, 1.82) is 5.26 Å². The molecule has 0 amide bonds. The molecule has 1 aliphatic rings. The van der Waals surface area contributed by atoms with Crippen LogP contribution in [0.15, 0.2) is 11.3 Å². The molecule has 1 rings (SSSR count). The highest BCUT2D eigenvalue weighted by Gasteiger charge is 2.26. The maximum absolute atomic E-state index is 8.98.